The Balaban J connectivity index is 1.64. The Morgan fingerprint density at radius 1 is 1.13 bits per heavy atom. The molecule has 0 aromatic heterocycles. The molecule has 1 N–H and O–H groups in total. The molecule has 0 spiro atoms. The molecule has 4 heteroatoms. The van der Waals surface area contributed by atoms with Gasteiger partial charge in [-0.05, 0) is 55.7 Å². The Kier molecular flexibility index (Phi) is 4.88. The van der Waals surface area contributed by atoms with Crippen LogP contribution in [0.3, 0.4) is 0 Å². The molecule has 1 atom stereocenters. The Morgan fingerprint density at radius 3 is 2.52 bits per heavy atom. The lowest BCUT2D eigenvalue weighted by Gasteiger charge is -2.21. The third-order valence-electron chi connectivity index (χ3n) is 4.39. The average Bonchev–Trinajstić information content (AvgIpc) is 3.01. The fourth-order valence-corrected chi connectivity index (χ4v) is 3.53. The van der Waals surface area contributed by atoms with Crippen molar-refractivity contribution in [2.24, 2.45) is 0 Å². The van der Waals surface area contributed by atoms with Crippen LogP contribution in [0.25, 0.3) is 0 Å². The second kappa shape index (κ2) is 6.90. The normalized spacial score (nSPS) is 17.3. The predicted molar refractivity (Wildman–Crippen MR) is 103 cm³/mol. The zero-order chi connectivity index (χ0) is 16.4. The second-order valence-electron chi connectivity index (χ2n) is 6.26. The second-order valence-corrected chi connectivity index (χ2v) is 7.05. The van der Waals surface area contributed by atoms with Gasteiger partial charge in [0, 0.05) is 19.0 Å². The molecule has 2 aromatic carbocycles. The third kappa shape index (κ3) is 3.85. The topological polar surface area (TPSA) is 15.3 Å². The summed E-state index contributed by atoms with van der Waals surface area (Å²) in [4.78, 5) is 2.23. The number of benzene rings is 2. The quantitative estimate of drug-likeness (QED) is 0.759. The Morgan fingerprint density at radius 2 is 1.83 bits per heavy atom. The molecule has 1 unspecified atom stereocenters. The van der Waals surface area contributed by atoms with E-state index in [1.165, 1.54) is 11.1 Å². The molecule has 1 aliphatic heterocycles. The molecule has 0 radical (unpaired) electrons. The Hall–Kier alpha value is -1.58. The molecule has 2 nitrogen and oxygen atoms in total. The molecule has 3 rings (SSSR count). The fourth-order valence-electron chi connectivity index (χ4n) is 2.97. The number of likely N-dealkylation sites (tertiary alicyclic amines) is 1. The maximum atomic E-state index is 6.28. The van der Waals surface area contributed by atoms with Gasteiger partial charge < -0.3 is 10.2 Å². The molecular formula is C19H21ClN2S. The number of nitrogens with one attached hydrogen (secondary N) is 1. The van der Waals surface area contributed by atoms with E-state index < -0.39 is 0 Å². The highest BCUT2D eigenvalue weighted by Gasteiger charge is 2.25. The van der Waals surface area contributed by atoms with Crippen molar-refractivity contribution in [3.63, 3.8) is 0 Å². The summed E-state index contributed by atoms with van der Waals surface area (Å²) in [6.45, 7) is 6.09. The molecule has 0 amide bonds. The van der Waals surface area contributed by atoms with E-state index in [2.05, 4.69) is 41.4 Å². The van der Waals surface area contributed by atoms with E-state index in [1.807, 2.05) is 25.1 Å². The van der Waals surface area contributed by atoms with Gasteiger partial charge in [-0.15, -0.1) is 0 Å². The monoisotopic (exact) mass is 344 g/mol. The van der Waals surface area contributed by atoms with Crippen molar-refractivity contribution in [3.8, 4) is 0 Å². The van der Waals surface area contributed by atoms with Gasteiger partial charge in [0.1, 0.15) is 0 Å². The van der Waals surface area contributed by atoms with E-state index >= 15 is 0 Å². The molecule has 1 fully saturated rings. The van der Waals surface area contributed by atoms with E-state index in [9.17, 15) is 0 Å². The van der Waals surface area contributed by atoms with Gasteiger partial charge in [0.15, 0.2) is 5.11 Å². The first-order chi connectivity index (χ1) is 11.0. The molecular weight excluding hydrogens is 324 g/mol. The van der Waals surface area contributed by atoms with Crippen LogP contribution in [0.5, 0.6) is 0 Å². The summed E-state index contributed by atoms with van der Waals surface area (Å²) in [5.41, 5.74) is 4.72. The molecule has 1 saturated heterocycles. The van der Waals surface area contributed by atoms with E-state index in [-0.39, 0.29) is 0 Å². The minimum absolute atomic E-state index is 0.545. The van der Waals surface area contributed by atoms with Gasteiger partial charge in [0.25, 0.3) is 0 Å². The van der Waals surface area contributed by atoms with Gasteiger partial charge in [-0.1, -0.05) is 47.5 Å². The number of rotatable bonds is 2. The van der Waals surface area contributed by atoms with Crippen molar-refractivity contribution >= 4 is 34.6 Å². The maximum Gasteiger partial charge on any atom is 0.173 e. The van der Waals surface area contributed by atoms with Crippen LogP contribution in [-0.2, 0) is 0 Å². The number of hydrogen-bond donors (Lipinski definition) is 1. The third-order valence-corrected chi connectivity index (χ3v) is 5.06. The van der Waals surface area contributed by atoms with Crippen LogP contribution in [0.4, 0.5) is 5.69 Å². The Labute approximate surface area is 148 Å². The van der Waals surface area contributed by atoms with E-state index in [0.717, 1.165) is 35.9 Å². The SMILES string of the molecule is Cc1ccc(C2CCN(C(=S)Nc3ccc(C)cc3Cl)C2)cc1. The minimum atomic E-state index is 0.545. The summed E-state index contributed by atoms with van der Waals surface area (Å²) in [7, 11) is 0. The summed E-state index contributed by atoms with van der Waals surface area (Å²) in [5.74, 6) is 0.545. The number of hydrogen-bond acceptors (Lipinski definition) is 1. The lowest BCUT2D eigenvalue weighted by molar-refractivity contribution is 0.518. The first-order valence-corrected chi connectivity index (χ1v) is 8.70. The minimum Gasteiger partial charge on any atom is -0.348 e. The van der Waals surface area contributed by atoms with E-state index in [1.54, 1.807) is 0 Å². The average molecular weight is 345 g/mol. The lowest BCUT2D eigenvalue weighted by Crippen LogP contribution is -2.32. The molecule has 0 saturated carbocycles. The van der Waals surface area contributed by atoms with E-state index in [4.69, 9.17) is 23.8 Å². The van der Waals surface area contributed by atoms with Crippen molar-refractivity contribution in [1.29, 1.82) is 0 Å². The van der Waals surface area contributed by atoms with Crippen molar-refractivity contribution in [2.45, 2.75) is 26.2 Å². The van der Waals surface area contributed by atoms with Crippen LogP contribution in [0.1, 0.15) is 29.0 Å². The number of nitrogens with zero attached hydrogens (tertiary/aromatic N) is 1. The molecule has 0 aliphatic carbocycles. The first kappa shape index (κ1) is 16.3. The number of anilines is 1. The van der Waals surface area contributed by atoms with Gasteiger partial charge in [-0.3, -0.25) is 0 Å². The van der Waals surface area contributed by atoms with Crippen LogP contribution >= 0.6 is 23.8 Å². The first-order valence-electron chi connectivity index (χ1n) is 7.91. The molecule has 1 heterocycles. The highest BCUT2D eigenvalue weighted by Crippen LogP contribution is 2.29. The maximum absolute atomic E-state index is 6.28. The van der Waals surface area contributed by atoms with Crippen LogP contribution in [0.15, 0.2) is 42.5 Å². The van der Waals surface area contributed by atoms with Gasteiger partial charge >= 0.3 is 0 Å². The lowest BCUT2D eigenvalue weighted by atomic mass is 9.98. The van der Waals surface area contributed by atoms with Crippen LogP contribution in [0.2, 0.25) is 5.02 Å². The van der Waals surface area contributed by atoms with Crippen molar-refractivity contribution in [1.82, 2.24) is 4.90 Å². The predicted octanol–water partition coefficient (Wildman–Crippen LogP) is 5.14. The molecule has 1 aliphatic rings. The Bertz CT molecular complexity index is 712. The fraction of sp³-hybridized carbons (Fsp3) is 0.316. The molecule has 2 aromatic rings. The molecule has 0 bridgehead atoms. The smallest absolute Gasteiger partial charge is 0.173 e. The van der Waals surface area contributed by atoms with Crippen LogP contribution < -0.4 is 5.32 Å². The highest BCUT2D eigenvalue weighted by molar-refractivity contribution is 7.80. The largest absolute Gasteiger partial charge is 0.348 e. The highest BCUT2D eigenvalue weighted by atomic mass is 35.5. The summed E-state index contributed by atoms with van der Waals surface area (Å²) >= 11 is 11.8. The standard InChI is InChI=1S/C19H21ClN2S/c1-13-3-6-15(7-4-13)16-9-10-22(12-16)19(23)21-18-8-5-14(2)11-17(18)20/h3-8,11,16H,9-10,12H2,1-2H3,(H,21,23). The van der Waals surface area contributed by atoms with Gasteiger partial charge in [0.05, 0.1) is 10.7 Å². The molecule has 23 heavy (non-hydrogen) atoms. The van der Waals surface area contributed by atoms with Crippen molar-refractivity contribution < 1.29 is 0 Å². The number of aryl methyl sites for hydroxylation is 2. The van der Waals surface area contributed by atoms with Gasteiger partial charge in [0.2, 0.25) is 0 Å². The van der Waals surface area contributed by atoms with Crippen LogP contribution in [0, 0.1) is 13.8 Å². The van der Waals surface area contributed by atoms with E-state index in [0.29, 0.717) is 10.9 Å². The summed E-state index contributed by atoms with van der Waals surface area (Å²) < 4.78 is 0. The van der Waals surface area contributed by atoms with Gasteiger partial charge in [-0.25, -0.2) is 0 Å². The molecule has 120 valence electrons. The van der Waals surface area contributed by atoms with Crippen molar-refractivity contribution in [3.05, 3.63) is 64.2 Å². The zero-order valence-corrected chi connectivity index (χ0v) is 15.0. The zero-order valence-electron chi connectivity index (χ0n) is 13.5. The van der Waals surface area contributed by atoms with Crippen molar-refractivity contribution in [2.75, 3.05) is 18.4 Å². The summed E-state index contributed by atoms with van der Waals surface area (Å²) in [6.07, 6.45) is 1.13. The number of thiocarbonyl (C=S) groups is 1. The summed E-state index contributed by atoms with van der Waals surface area (Å²) in [6, 6.07) is 14.8. The van der Waals surface area contributed by atoms with Crippen LogP contribution in [-0.4, -0.2) is 23.1 Å². The number of halogens is 1. The summed E-state index contributed by atoms with van der Waals surface area (Å²) in [5, 5.41) is 4.75. The van der Waals surface area contributed by atoms with Gasteiger partial charge in [-0.2, -0.15) is 0 Å².